The van der Waals surface area contributed by atoms with E-state index in [0.717, 1.165) is 19.5 Å². The normalized spacial score (nSPS) is 23.1. The Labute approximate surface area is 83.3 Å². The molecule has 0 bridgehead atoms. The molecule has 78 valence electrons. The number of hydrogen-bond acceptors (Lipinski definition) is 5. The van der Waals surface area contributed by atoms with Crippen molar-refractivity contribution < 1.29 is 4.52 Å². The summed E-state index contributed by atoms with van der Waals surface area (Å²) in [6, 6.07) is 0. The minimum absolute atomic E-state index is 0.241. The lowest BCUT2D eigenvalue weighted by atomic mass is 10.1. The molecule has 0 spiro atoms. The second-order valence-corrected chi connectivity index (χ2v) is 3.80. The highest BCUT2D eigenvalue weighted by Gasteiger charge is 2.23. The summed E-state index contributed by atoms with van der Waals surface area (Å²) in [5.41, 5.74) is 5.38. The molecule has 5 heteroatoms. The zero-order chi connectivity index (χ0) is 9.97. The molecule has 1 aromatic rings. The minimum atomic E-state index is 0.241. The van der Waals surface area contributed by atoms with E-state index in [1.165, 1.54) is 13.0 Å². The SMILES string of the molecule is CCN1CCC(Cc2nc(N)no2)C1. The smallest absolute Gasteiger partial charge is 0.260 e. The molecular weight excluding hydrogens is 180 g/mol. The third-order valence-electron chi connectivity index (χ3n) is 2.76. The van der Waals surface area contributed by atoms with E-state index in [9.17, 15) is 0 Å². The molecule has 14 heavy (non-hydrogen) atoms. The summed E-state index contributed by atoms with van der Waals surface area (Å²) in [6.07, 6.45) is 2.08. The fourth-order valence-corrected chi connectivity index (χ4v) is 1.96. The van der Waals surface area contributed by atoms with E-state index in [1.54, 1.807) is 0 Å². The summed E-state index contributed by atoms with van der Waals surface area (Å²) in [4.78, 5) is 6.44. The maximum atomic E-state index is 5.38. The topological polar surface area (TPSA) is 68.2 Å². The van der Waals surface area contributed by atoms with Crippen LogP contribution in [-0.4, -0.2) is 34.7 Å². The third kappa shape index (κ3) is 2.04. The van der Waals surface area contributed by atoms with Crippen LogP contribution < -0.4 is 5.73 Å². The Hall–Kier alpha value is -1.10. The van der Waals surface area contributed by atoms with Gasteiger partial charge in [0.1, 0.15) is 0 Å². The average Bonchev–Trinajstić information content (AvgIpc) is 2.76. The van der Waals surface area contributed by atoms with Crippen molar-refractivity contribution in [2.75, 3.05) is 25.4 Å². The lowest BCUT2D eigenvalue weighted by molar-refractivity contribution is 0.323. The quantitative estimate of drug-likeness (QED) is 0.764. The van der Waals surface area contributed by atoms with E-state index in [-0.39, 0.29) is 5.95 Å². The lowest BCUT2D eigenvalue weighted by Crippen LogP contribution is -2.20. The van der Waals surface area contributed by atoms with E-state index in [1.807, 2.05) is 0 Å². The van der Waals surface area contributed by atoms with Gasteiger partial charge in [-0.2, -0.15) is 4.98 Å². The Balaban J connectivity index is 1.87. The molecular formula is C9H16N4O. The van der Waals surface area contributed by atoms with E-state index < -0.39 is 0 Å². The molecule has 1 atom stereocenters. The first-order chi connectivity index (χ1) is 6.78. The molecule has 1 aliphatic heterocycles. The van der Waals surface area contributed by atoms with Gasteiger partial charge in [0, 0.05) is 13.0 Å². The number of nitrogens with zero attached hydrogens (tertiary/aromatic N) is 3. The lowest BCUT2D eigenvalue weighted by Gasteiger charge is -2.11. The van der Waals surface area contributed by atoms with Crippen molar-refractivity contribution in [3.05, 3.63) is 5.89 Å². The van der Waals surface area contributed by atoms with E-state index in [2.05, 4.69) is 22.0 Å². The Morgan fingerprint density at radius 2 is 2.50 bits per heavy atom. The van der Waals surface area contributed by atoms with E-state index >= 15 is 0 Å². The van der Waals surface area contributed by atoms with Gasteiger partial charge < -0.3 is 15.2 Å². The number of hydrogen-bond donors (Lipinski definition) is 1. The summed E-state index contributed by atoms with van der Waals surface area (Å²) in [5, 5.41) is 3.58. The van der Waals surface area contributed by atoms with Gasteiger partial charge in [-0.1, -0.05) is 6.92 Å². The summed E-state index contributed by atoms with van der Waals surface area (Å²) in [5.74, 6) is 1.56. The van der Waals surface area contributed by atoms with Crippen LogP contribution in [0.4, 0.5) is 5.95 Å². The highest BCUT2D eigenvalue weighted by Crippen LogP contribution is 2.19. The van der Waals surface area contributed by atoms with Crippen molar-refractivity contribution in [3.8, 4) is 0 Å². The predicted molar refractivity (Wildman–Crippen MR) is 52.6 cm³/mol. The molecule has 2 rings (SSSR count). The number of anilines is 1. The van der Waals surface area contributed by atoms with Gasteiger partial charge in [0.05, 0.1) is 0 Å². The van der Waals surface area contributed by atoms with Crippen LogP contribution in [0.5, 0.6) is 0 Å². The third-order valence-corrected chi connectivity index (χ3v) is 2.76. The van der Waals surface area contributed by atoms with Gasteiger partial charge in [0.25, 0.3) is 5.95 Å². The first-order valence-electron chi connectivity index (χ1n) is 5.08. The van der Waals surface area contributed by atoms with Crippen molar-refractivity contribution in [3.63, 3.8) is 0 Å². The van der Waals surface area contributed by atoms with Crippen molar-refractivity contribution in [1.82, 2.24) is 15.0 Å². The molecule has 1 aromatic heterocycles. The summed E-state index contributed by atoms with van der Waals surface area (Å²) in [7, 11) is 0. The van der Waals surface area contributed by atoms with Crippen LogP contribution in [0.1, 0.15) is 19.2 Å². The average molecular weight is 196 g/mol. The molecule has 0 saturated carbocycles. The number of rotatable bonds is 3. The van der Waals surface area contributed by atoms with E-state index in [4.69, 9.17) is 10.3 Å². The zero-order valence-electron chi connectivity index (χ0n) is 8.44. The molecule has 0 aromatic carbocycles. The molecule has 1 unspecified atom stereocenters. The largest absolute Gasteiger partial charge is 0.365 e. The van der Waals surface area contributed by atoms with Gasteiger partial charge in [0.15, 0.2) is 0 Å². The van der Waals surface area contributed by atoms with Crippen molar-refractivity contribution in [1.29, 1.82) is 0 Å². The maximum absolute atomic E-state index is 5.38. The van der Waals surface area contributed by atoms with Gasteiger partial charge >= 0.3 is 0 Å². The van der Waals surface area contributed by atoms with Gasteiger partial charge in [-0.05, 0) is 30.6 Å². The first kappa shape index (κ1) is 9.45. The Kier molecular flexibility index (Phi) is 2.67. The van der Waals surface area contributed by atoms with Crippen LogP contribution >= 0.6 is 0 Å². The maximum Gasteiger partial charge on any atom is 0.260 e. The highest BCUT2D eigenvalue weighted by molar-refractivity contribution is 5.10. The monoisotopic (exact) mass is 196 g/mol. The van der Waals surface area contributed by atoms with Crippen LogP contribution in [0, 0.1) is 5.92 Å². The molecule has 1 aliphatic rings. The Morgan fingerprint density at radius 3 is 3.07 bits per heavy atom. The Morgan fingerprint density at radius 1 is 1.64 bits per heavy atom. The number of nitrogens with two attached hydrogens (primary N) is 1. The fraction of sp³-hybridized carbons (Fsp3) is 0.778. The second-order valence-electron chi connectivity index (χ2n) is 3.80. The minimum Gasteiger partial charge on any atom is -0.365 e. The van der Waals surface area contributed by atoms with Gasteiger partial charge in [-0.15, -0.1) is 0 Å². The standard InChI is InChI=1S/C9H16N4O/c1-2-13-4-3-7(6-13)5-8-11-9(10)12-14-8/h7H,2-6H2,1H3,(H2,10,12). The molecule has 2 heterocycles. The zero-order valence-corrected chi connectivity index (χ0v) is 8.44. The van der Waals surface area contributed by atoms with E-state index in [0.29, 0.717) is 11.8 Å². The van der Waals surface area contributed by atoms with Crippen molar-refractivity contribution >= 4 is 5.95 Å². The van der Waals surface area contributed by atoms with Crippen LogP contribution in [0.2, 0.25) is 0 Å². The van der Waals surface area contributed by atoms with Gasteiger partial charge in [-0.25, -0.2) is 0 Å². The molecule has 1 saturated heterocycles. The number of nitrogen functional groups attached to an aromatic ring is 1. The summed E-state index contributed by atoms with van der Waals surface area (Å²) in [6.45, 7) is 5.64. The van der Waals surface area contributed by atoms with Crippen molar-refractivity contribution in [2.45, 2.75) is 19.8 Å². The van der Waals surface area contributed by atoms with Crippen LogP contribution in [0.3, 0.4) is 0 Å². The highest BCUT2D eigenvalue weighted by atomic mass is 16.5. The van der Waals surface area contributed by atoms with Crippen LogP contribution in [-0.2, 0) is 6.42 Å². The summed E-state index contributed by atoms with van der Waals surface area (Å²) >= 11 is 0. The van der Waals surface area contributed by atoms with Crippen LogP contribution in [0.15, 0.2) is 4.52 Å². The number of likely N-dealkylation sites (tertiary alicyclic amines) is 1. The van der Waals surface area contributed by atoms with Gasteiger partial charge in [-0.3, -0.25) is 0 Å². The first-order valence-corrected chi connectivity index (χ1v) is 5.08. The molecule has 0 aliphatic carbocycles. The van der Waals surface area contributed by atoms with Gasteiger partial charge in [0.2, 0.25) is 5.89 Å². The fourth-order valence-electron chi connectivity index (χ4n) is 1.96. The second kappa shape index (κ2) is 3.96. The van der Waals surface area contributed by atoms with Crippen molar-refractivity contribution in [2.24, 2.45) is 5.92 Å². The molecule has 1 fully saturated rings. The predicted octanol–water partition coefficient (Wildman–Crippen LogP) is 0.536. The molecule has 2 N–H and O–H groups in total. The molecule has 0 amide bonds. The van der Waals surface area contributed by atoms with Crippen LogP contribution in [0.25, 0.3) is 0 Å². The Bertz CT molecular complexity index is 299. The molecule has 5 nitrogen and oxygen atoms in total. The number of aromatic nitrogens is 2. The summed E-state index contributed by atoms with van der Waals surface area (Å²) < 4.78 is 4.99. The molecule has 0 radical (unpaired) electrons.